The maximum Gasteiger partial charge on any atom is 0.118 e. The minimum atomic E-state index is -0.489. The molecule has 0 bridgehead atoms. The van der Waals surface area contributed by atoms with Gasteiger partial charge in [0.1, 0.15) is 5.75 Å². The molecule has 4 heteroatoms. The number of morpholine rings is 1. The molecule has 1 N–H and O–H groups in total. The first kappa shape index (κ1) is 15.3. The van der Waals surface area contributed by atoms with Crippen molar-refractivity contribution in [1.29, 1.82) is 0 Å². The molecule has 3 unspecified atom stereocenters. The molecule has 20 heavy (non-hydrogen) atoms. The first-order valence-corrected chi connectivity index (χ1v) is 7.33. The van der Waals surface area contributed by atoms with Crippen LogP contribution < -0.4 is 4.74 Å². The van der Waals surface area contributed by atoms with Crippen LogP contribution in [0.15, 0.2) is 24.3 Å². The van der Waals surface area contributed by atoms with Crippen molar-refractivity contribution in [3.63, 3.8) is 0 Å². The fourth-order valence-corrected chi connectivity index (χ4v) is 2.64. The predicted octanol–water partition coefficient (Wildman–Crippen LogP) is 2.23. The molecule has 0 aromatic heterocycles. The molecule has 0 amide bonds. The zero-order valence-corrected chi connectivity index (χ0v) is 12.6. The zero-order valence-electron chi connectivity index (χ0n) is 12.6. The summed E-state index contributed by atoms with van der Waals surface area (Å²) in [6, 6.07) is 7.72. The Morgan fingerprint density at radius 1 is 1.40 bits per heavy atom. The summed E-state index contributed by atoms with van der Waals surface area (Å²) in [5.41, 5.74) is 0.929. The summed E-state index contributed by atoms with van der Waals surface area (Å²) in [6.45, 7) is 6.74. The van der Waals surface area contributed by atoms with Gasteiger partial charge in [-0.3, -0.25) is 4.90 Å². The van der Waals surface area contributed by atoms with Crippen LogP contribution in [0.3, 0.4) is 0 Å². The van der Waals surface area contributed by atoms with Gasteiger partial charge in [0, 0.05) is 19.1 Å². The van der Waals surface area contributed by atoms with Crippen molar-refractivity contribution in [2.75, 3.05) is 26.8 Å². The maximum atomic E-state index is 10.5. The molecule has 112 valence electrons. The number of aliphatic hydroxyl groups excluding tert-OH is 1. The van der Waals surface area contributed by atoms with E-state index >= 15 is 0 Å². The lowest BCUT2D eigenvalue weighted by Crippen LogP contribution is -2.48. The van der Waals surface area contributed by atoms with Crippen LogP contribution in [0, 0.1) is 0 Å². The van der Waals surface area contributed by atoms with Crippen LogP contribution in [0.4, 0.5) is 0 Å². The Morgan fingerprint density at radius 3 is 2.70 bits per heavy atom. The van der Waals surface area contributed by atoms with Gasteiger partial charge in [0.05, 0.1) is 25.9 Å². The van der Waals surface area contributed by atoms with Crippen LogP contribution in [0.5, 0.6) is 5.75 Å². The third kappa shape index (κ3) is 3.51. The summed E-state index contributed by atoms with van der Waals surface area (Å²) < 4.78 is 10.8. The van der Waals surface area contributed by atoms with E-state index in [0.717, 1.165) is 37.4 Å². The molecule has 0 saturated carbocycles. The third-order valence-electron chi connectivity index (χ3n) is 4.12. The lowest BCUT2D eigenvalue weighted by Gasteiger charge is -2.38. The van der Waals surface area contributed by atoms with E-state index in [1.54, 1.807) is 7.11 Å². The van der Waals surface area contributed by atoms with Gasteiger partial charge >= 0.3 is 0 Å². The summed E-state index contributed by atoms with van der Waals surface area (Å²) in [5.74, 6) is 0.811. The quantitative estimate of drug-likeness (QED) is 0.897. The molecule has 2 rings (SSSR count). The van der Waals surface area contributed by atoms with E-state index < -0.39 is 6.10 Å². The second-order valence-corrected chi connectivity index (χ2v) is 5.35. The average molecular weight is 279 g/mol. The van der Waals surface area contributed by atoms with Crippen LogP contribution in [0.1, 0.15) is 31.9 Å². The van der Waals surface area contributed by atoms with Gasteiger partial charge in [0.15, 0.2) is 0 Å². The van der Waals surface area contributed by atoms with Crippen molar-refractivity contribution in [3.8, 4) is 5.75 Å². The summed E-state index contributed by atoms with van der Waals surface area (Å²) in [5, 5.41) is 10.5. The number of hydrogen-bond acceptors (Lipinski definition) is 4. The van der Waals surface area contributed by atoms with E-state index in [4.69, 9.17) is 9.47 Å². The van der Waals surface area contributed by atoms with Gasteiger partial charge in [0.2, 0.25) is 0 Å². The van der Waals surface area contributed by atoms with Crippen molar-refractivity contribution in [1.82, 2.24) is 4.90 Å². The fourth-order valence-electron chi connectivity index (χ4n) is 2.64. The summed E-state index contributed by atoms with van der Waals surface area (Å²) in [4.78, 5) is 2.31. The fraction of sp³-hybridized carbons (Fsp3) is 0.625. The van der Waals surface area contributed by atoms with Gasteiger partial charge < -0.3 is 14.6 Å². The Hall–Kier alpha value is -1.10. The lowest BCUT2D eigenvalue weighted by molar-refractivity contribution is -0.0623. The van der Waals surface area contributed by atoms with E-state index in [1.807, 2.05) is 24.3 Å². The monoisotopic (exact) mass is 279 g/mol. The smallest absolute Gasteiger partial charge is 0.118 e. The van der Waals surface area contributed by atoms with Crippen LogP contribution >= 0.6 is 0 Å². The van der Waals surface area contributed by atoms with Crippen LogP contribution in [0.25, 0.3) is 0 Å². The van der Waals surface area contributed by atoms with E-state index in [2.05, 4.69) is 18.7 Å². The van der Waals surface area contributed by atoms with Gasteiger partial charge in [-0.2, -0.15) is 0 Å². The molecule has 1 aromatic carbocycles. The lowest BCUT2D eigenvalue weighted by atomic mass is 10.0. The molecule has 1 aliphatic rings. The SMILES string of the molecule is CCC1CN(C(C)C(O)c2ccc(OC)cc2)CCO1. The number of aliphatic hydroxyl groups is 1. The van der Waals surface area contributed by atoms with Gasteiger partial charge in [-0.05, 0) is 31.0 Å². The Kier molecular flexibility index (Phi) is 5.40. The first-order valence-electron chi connectivity index (χ1n) is 7.33. The molecular weight excluding hydrogens is 254 g/mol. The van der Waals surface area contributed by atoms with Crippen molar-refractivity contribution in [2.45, 2.75) is 38.5 Å². The van der Waals surface area contributed by atoms with Crippen molar-refractivity contribution < 1.29 is 14.6 Å². The number of ether oxygens (including phenoxy) is 2. The summed E-state index contributed by atoms with van der Waals surface area (Å²) in [6.07, 6.45) is 0.813. The minimum Gasteiger partial charge on any atom is -0.497 e. The van der Waals surface area contributed by atoms with E-state index in [-0.39, 0.29) is 12.1 Å². The molecule has 0 radical (unpaired) electrons. The second-order valence-electron chi connectivity index (χ2n) is 5.35. The molecule has 1 heterocycles. The van der Waals surface area contributed by atoms with E-state index in [0.29, 0.717) is 0 Å². The standard InChI is InChI=1S/C16H25NO3/c1-4-14-11-17(9-10-20-14)12(2)16(18)13-5-7-15(19-3)8-6-13/h5-8,12,14,16,18H,4,9-11H2,1-3H3. The third-order valence-corrected chi connectivity index (χ3v) is 4.12. The highest BCUT2D eigenvalue weighted by Crippen LogP contribution is 2.24. The molecule has 4 nitrogen and oxygen atoms in total. The molecule has 0 spiro atoms. The Balaban J connectivity index is 2.01. The Morgan fingerprint density at radius 2 is 2.10 bits per heavy atom. The largest absolute Gasteiger partial charge is 0.497 e. The van der Waals surface area contributed by atoms with Crippen molar-refractivity contribution in [2.24, 2.45) is 0 Å². The molecule has 1 saturated heterocycles. The Labute approximate surface area is 121 Å². The van der Waals surface area contributed by atoms with Gasteiger partial charge in [-0.15, -0.1) is 0 Å². The zero-order chi connectivity index (χ0) is 14.5. The van der Waals surface area contributed by atoms with Crippen molar-refractivity contribution in [3.05, 3.63) is 29.8 Å². The van der Waals surface area contributed by atoms with Gasteiger partial charge in [0.25, 0.3) is 0 Å². The Bertz CT molecular complexity index is 407. The molecule has 1 aromatic rings. The number of hydrogen-bond donors (Lipinski definition) is 1. The highest BCUT2D eigenvalue weighted by Gasteiger charge is 2.27. The van der Waals surface area contributed by atoms with Crippen LogP contribution in [-0.2, 0) is 4.74 Å². The van der Waals surface area contributed by atoms with E-state index in [1.165, 1.54) is 0 Å². The predicted molar refractivity (Wildman–Crippen MR) is 79.0 cm³/mol. The number of benzene rings is 1. The molecular formula is C16H25NO3. The highest BCUT2D eigenvalue weighted by molar-refractivity contribution is 5.29. The molecule has 0 aliphatic carbocycles. The average Bonchev–Trinajstić information content (AvgIpc) is 2.53. The summed E-state index contributed by atoms with van der Waals surface area (Å²) >= 11 is 0. The number of methoxy groups -OCH3 is 1. The number of rotatable bonds is 5. The second kappa shape index (κ2) is 7.07. The summed E-state index contributed by atoms with van der Waals surface area (Å²) in [7, 11) is 1.65. The van der Waals surface area contributed by atoms with Gasteiger partial charge in [-0.1, -0.05) is 19.1 Å². The maximum absolute atomic E-state index is 10.5. The van der Waals surface area contributed by atoms with Gasteiger partial charge in [-0.25, -0.2) is 0 Å². The first-order chi connectivity index (χ1) is 9.65. The normalized spacial score (nSPS) is 23.3. The molecule has 3 atom stereocenters. The topological polar surface area (TPSA) is 41.9 Å². The minimum absolute atomic E-state index is 0.0846. The van der Waals surface area contributed by atoms with Crippen LogP contribution in [-0.4, -0.2) is 49.0 Å². The highest BCUT2D eigenvalue weighted by atomic mass is 16.5. The molecule has 1 fully saturated rings. The van der Waals surface area contributed by atoms with Crippen LogP contribution in [0.2, 0.25) is 0 Å². The van der Waals surface area contributed by atoms with E-state index in [9.17, 15) is 5.11 Å². The number of nitrogens with zero attached hydrogens (tertiary/aromatic N) is 1. The van der Waals surface area contributed by atoms with Crippen molar-refractivity contribution >= 4 is 0 Å². The molecule has 1 aliphatic heterocycles.